The number of hydrogen-bond acceptors (Lipinski definition) is 4. The lowest BCUT2D eigenvalue weighted by Gasteiger charge is -2.06. The summed E-state index contributed by atoms with van der Waals surface area (Å²) in [6, 6.07) is 7.76. The lowest BCUT2D eigenvalue weighted by Crippen LogP contribution is -2.22. The van der Waals surface area contributed by atoms with Crippen LogP contribution in [0.5, 0.6) is 0 Å². The molecule has 112 valence electrons. The van der Waals surface area contributed by atoms with E-state index in [0.29, 0.717) is 16.4 Å². The quantitative estimate of drug-likeness (QED) is 0.878. The average Bonchev–Trinajstić information content (AvgIpc) is 2.77. The van der Waals surface area contributed by atoms with Crippen LogP contribution in [-0.4, -0.2) is 16.9 Å². The van der Waals surface area contributed by atoms with E-state index >= 15 is 0 Å². The number of aromatic nitrogens is 1. The van der Waals surface area contributed by atoms with Crippen molar-refractivity contribution in [2.45, 2.75) is 33.4 Å². The maximum Gasteiger partial charge on any atom is 0.263 e. The summed E-state index contributed by atoms with van der Waals surface area (Å²) in [6.07, 6.45) is 0. The van der Waals surface area contributed by atoms with Gasteiger partial charge in [-0.15, -0.1) is 0 Å². The number of benzene rings is 1. The maximum atomic E-state index is 12.2. The second-order valence-corrected chi connectivity index (χ2v) is 6.41. The highest BCUT2D eigenvalue weighted by Crippen LogP contribution is 2.23. The van der Waals surface area contributed by atoms with E-state index in [9.17, 15) is 4.79 Å². The Hall–Kier alpha value is -1.59. The zero-order valence-corrected chi connectivity index (χ0v) is 13.8. The fraction of sp³-hybridized carbons (Fsp3) is 0.333. The molecule has 1 aromatic heterocycles. The molecule has 0 fully saturated rings. The number of anilines is 1. The van der Waals surface area contributed by atoms with E-state index < -0.39 is 0 Å². The van der Waals surface area contributed by atoms with Crippen molar-refractivity contribution in [3.8, 4) is 0 Å². The summed E-state index contributed by atoms with van der Waals surface area (Å²) in [6.45, 7) is 6.32. The molecule has 0 aliphatic heterocycles. The third-order valence-electron chi connectivity index (χ3n) is 2.81. The summed E-state index contributed by atoms with van der Waals surface area (Å²) in [5.41, 5.74) is 1.63. The lowest BCUT2D eigenvalue weighted by molar-refractivity contribution is 0.0954. The van der Waals surface area contributed by atoms with Crippen LogP contribution in [0.15, 0.2) is 24.3 Å². The highest BCUT2D eigenvalue weighted by Gasteiger charge is 2.15. The van der Waals surface area contributed by atoms with E-state index in [-0.39, 0.29) is 11.9 Å². The van der Waals surface area contributed by atoms with Gasteiger partial charge in [-0.2, -0.15) is 0 Å². The summed E-state index contributed by atoms with van der Waals surface area (Å²) in [5, 5.41) is 7.52. The van der Waals surface area contributed by atoms with E-state index in [2.05, 4.69) is 15.6 Å². The third-order valence-corrected chi connectivity index (χ3v) is 4.27. The van der Waals surface area contributed by atoms with Crippen LogP contribution >= 0.6 is 22.9 Å². The Morgan fingerprint density at radius 2 is 2.10 bits per heavy atom. The van der Waals surface area contributed by atoms with Gasteiger partial charge in [0, 0.05) is 17.6 Å². The van der Waals surface area contributed by atoms with Gasteiger partial charge in [0.05, 0.1) is 5.69 Å². The van der Waals surface area contributed by atoms with Crippen LogP contribution in [0.3, 0.4) is 0 Å². The first-order valence-corrected chi connectivity index (χ1v) is 7.92. The Balaban J connectivity index is 2.04. The van der Waals surface area contributed by atoms with Gasteiger partial charge < -0.3 is 10.6 Å². The van der Waals surface area contributed by atoms with Crippen molar-refractivity contribution in [3.05, 3.63) is 45.4 Å². The molecule has 1 aromatic carbocycles. The Bertz CT molecular complexity index is 640. The van der Waals surface area contributed by atoms with Crippen LogP contribution in [0.4, 0.5) is 5.13 Å². The molecule has 1 amide bonds. The highest BCUT2D eigenvalue weighted by atomic mass is 35.5. The first kappa shape index (κ1) is 15.8. The molecule has 0 unspecified atom stereocenters. The Morgan fingerprint density at radius 1 is 1.38 bits per heavy atom. The topological polar surface area (TPSA) is 54.0 Å². The molecule has 2 rings (SSSR count). The van der Waals surface area contributed by atoms with Crippen molar-refractivity contribution < 1.29 is 4.79 Å². The second kappa shape index (κ2) is 6.91. The number of halogens is 1. The first-order valence-electron chi connectivity index (χ1n) is 6.73. The maximum absolute atomic E-state index is 12.2. The molecular formula is C15H18ClN3OS. The summed E-state index contributed by atoms with van der Waals surface area (Å²) >= 11 is 7.44. The van der Waals surface area contributed by atoms with Gasteiger partial charge in [0.2, 0.25) is 0 Å². The molecule has 0 saturated carbocycles. The van der Waals surface area contributed by atoms with Crippen LogP contribution in [-0.2, 0) is 6.54 Å². The van der Waals surface area contributed by atoms with Crippen LogP contribution in [0.2, 0.25) is 5.02 Å². The molecule has 21 heavy (non-hydrogen) atoms. The van der Waals surface area contributed by atoms with Crippen LogP contribution in [0.25, 0.3) is 0 Å². The zero-order chi connectivity index (χ0) is 15.4. The summed E-state index contributed by atoms with van der Waals surface area (Å²) < 4.78 is 0. The number of rotatable bonds is 5. The molecule has 4 nitrogen and oxygen atoms in total. The molecule has 0 saturated heterocycles. The number of amides is 1. The zero-order valence-electron chi connectivity index (χ0n) is 12.2. The summed E-state index contributed by atoms with van der Waals surface area (Å²) in [7, 11) is 0. The van der Waals surface area contributed by atoms with Gasteiger partial charge in [0.25, 0.3) is 5.91 Å². The minimum absolute atomic E-state index is 0.123. The third kappa shape index (κ3) is 4.19. The summed E-state index contributed by atoms with van der Waals surface area (Å²) in [4.78, 5) is 17.2. The van der Waals surface area contributed by atoms with E-state index in [1.807, 2.05) is 45.0 Å². The molecule has 0 aliphatic carbocycles. The normalized spacial score (nSPS) is 10.7. The monoisotopic (exact) mass is 323 g/mol. The second-order valence-electron chi connectivity index (χ2n) is 5.01. The number of nitrogens with zero attached hydrogens (tertiary/aromatic N) is 1. The van der Waals surface area contributed by atoms with Crippen molar-refractivity contribution in [2.75, 3.05) is 5.32 Å². The van der Waals surface area contributed by atoms with Gasteiger partial charge in [-0.3, -0.25) is 4.79 Å². The van der Waals surface area contributed by atoms with Gasteiger partial charge in [-0.25, -0.2) is 4.98 Å². The number of carbonyl (C=O) groups is 1. The molecule has 0 bridgehead atoms. The first-order chi connectivity index (χ1) is 9.97. The van der Waals surface area contributed by atoms with E-state index in [0.717, 1.165) is 16.4 Å². The minimum Gasteiger partial charge on any atom is -0.359 e. The number of hydrogen-bond donors (Lipinski definition) is 2. The van der Waals surface area contributed by atoms with Crippen molar-refractivity contribution in [1.29, 1.82) is 0 Å². The Labute approximate surface area is 133 Å². The van der Waals surface area contributed by atoms with E-state index in [1.165, 1.54) is 11.3 Å². The minimum atomic E-state index is -0.123. The number of carbonyl (C=O) groups excluding carboxylic acids is 1. The van der Waals surface area contributed by atoms with Crippen molar-refractivity contribution in [3.63, 3.8) is 0 Å². The van der Waals surface area contributed by atoms with Crippen LogP contribution in [0, 0.1) is 6.92 Å². The molecular weight excluding hydrogens is 306 g/mol. The van der Waals surface area contributed by atoms with Crippen molar-refractivity contribution in [1.82, 2.24) is 10.3 Å². The van der Waals surface area contributed by atoms with Crippen molar-refractivity contribution >= 4 is 34.0 Å². The van der Waals surface area contributed by atoms with Crippen LogP contribution < -0.4 is 10.6 Å². The SMILES string of the molecule is Cc1nc(NC(C)C)sc1C(=O)NCc1ccccc1Cl. The van der Waals surface area contributed by atoms with Crippen molar-refractivity contribution in [2.24, 2.45) is 0 Å². The number of nitrogens with one attached hydrogen (secondary N) is 2. The van der Waals surface area contributed by atoms with E-state index in [1.54, 1.807) is 0 Å². The van der Waals surface area contributed by atoms with Gasteiger partial charge in [-0.1, -0.05) is 41.1 Å². The fourth-order valence-electron chi connectivity index (χ4n) is 1.81. The van der Waals surface area contributed by atoms with Gasteiger partial charge in [0.1, 0.15) is 4.88 Å². The lowest BCUT2D eigenvalue weighted by atomic mass is 10.2. The predicted molar refractivity (Wildman–Crippen MR) is 88.2 cm³/mol. The predicted octanol–water partition coefficient (Wildman–Crippen LogP) is 3.86. The standard InChI is InChI=1S/C15H18ClN3OS/c1-9(2)18-15-19-10(3)13(21-15)14(20)17-8-11-6-4-5-7-12(11)16/h4-7,9H,8H2,1-3H3,(H,17,20)(H,18,19). The molecule has 0 aliphatic rings. The molecule has 2 N–H and O–H groups in total. The average molecular weight is 324 g/mol. The molecule has 6 heteroatoms. The molecule has 0 radical (unpaired) electrons. The number of aryl methyl sites for hydroxylation is 1. The smallest absolute Gasteiger partial charge is 0.263 e. The molecule has 0 spiro atoms. The van der Waals surface area contributed by atoms with Gasteiger partial charge >= 0.3 is 0 Å². The number of thiazole rings is 1. The van der Waals surface area contributed by atoms with Gasteiger partial charge in [-0.05, 0) is 32.4 Å². The summed E-state index contributed by atoms with van der Waals surface area (Å²) in [5.74, 6) is -0.123. The fourth-order valence-corrected chi connectivity index (χ4v) is 3.04. The molecule has 0 atom stereocenters. The Kier molecular flexibility index (Phi) is 5.20. The largest absolute Gasteiger partial charge is 0.359 e. The van der Waals surface area contributed by atoms with E-state index in [4.69, 9.17) is 11.6 Å². The highest BCUT2D eigenvalue weighted by molar-refractivity contribution is 7.17. The Morgan fingerprint density at radius 3 is 2.76 bits per heavy atom. The molecule has 2 aromatic rings. The van der Waals surface area contributed by atoms with Crippen LogP contribution in [0.1, 0.15) is 34.8 Å². The molecule has 1 heterocycles. The van der Waals surface area contributed by atoms with Gasteiger partial charge in [0.15, 0.2) is 5.13 Å².